The Morgan fingerprint density at radius 1 is 0.393 bits per heavy atom. The van der Waals surface area contributed by atoms with Crippen LogP contribution >= 0.6 is 0 Å². The van der Waals surface area contributed by atoms with Gasteiger partial charge >= 0.3 is 0 Å². The zero-order chi connectivity index (χ0) is 41.3. The summed E-state index contributed by atoms with van der Waals surface area (Å²) in [4.78, 5) is 0. The van der Waals surface area contributed by atoms with Crippen molar-refractivity contribution in [2.75, 3.05) is 0 Å². The Balaban J connectivity index is 0.000000265. The highest BCUT2D eigenvalue weighted by molar-refractivity contribution is 7.20. The highest BCUT2D eigenvalue weighted by Crippen LogP contribution is 2.37. The number of halogens is 12. The van der Waals surface area contributed by atoms with E-state index in [-0.39, 0.29) is 48.5 Å². The summed E-state index contributed by atoms with van der Waals surface area (Å²) in [7, 11) is 0. The van der Waals surface area contributed by atoms with E-state index in [1.807, 2.05) is 0 Å². The number of hydrogen-bond acceptors (Lipinski definition) is 0. The van der Waals surface area contributed by atoms with Crippen molar-refractivity contribution in [2.24, 2.45) is 11.8 Å². The first kappa shape index (κ1) is 43.2. The molecule has 56 heavy (non-hydrogen) atoms. The van der Waals surface area contributed by atoms with E-state index in [0.717, 1.165) is 11.8 Å². The van der Waals surface area contributed by atoms with Gasteiger partial charge < -0.3 is 5.32 Å². The second kappa shape index (κ2) is 16.9. The molecule has 4 aromatic rings. The maximum absolute atomic E-state index is 15.3. The fourth-order valence-electron chi connectivity index (χ4n) is 9.34. The van der Waals surface area contributed by atoms with Crippen molar-refractivity contribution in [3.8, 4) is 0 Å². The normalized spacial score (nSPS) is 16.9. The molecule has 0 aromatic heterocycles. The summed E-state index contributed by atoms with van der Waals surface area (Å²) in [6, 6.07) is -0.451. The Labute approximate surface area is 318 Å². The highest BCUT2D eigenvalue weighted by Gasteiger charge is 2.49. The zero-order valence-corrected chi connectivity index (χ0v) is 31.5. The molecule has 0 heterocycles. The minimum absolute atomic E-state index is 0.0227. The van der Waals surface area contributed by atoms with E-state index in [0.29, 0.717) is 11.1 Å². The molecule has 304 valence electrons. The van der Waals surface area contributed by atoms with Gasteiger partial charge in [0.15, 0.2) is 23.3 Å². The Morgan fingerprint density at radius 2 is 0.625 bits per heavy atom. The van der Waals surface area contributed by atoms with Gasteiger partial charge in [0.1, 0.15) is 52.7 Å². The molecule has 0 unspecified atom stereocenters. The van der Waals surface area contributed by atoms with Crippen molar-refractivity contribution in [3.05, 3.63) is 118 Å². The Hall–Kier alpha value is -3.94. The molecule has 0 bridgehead atoms. The van der Waals surface area contributed by atoms with Crippen LogP contribution in [0.25, 0.3) is 0 Å². The number of nitrogens with two attached hydrogens (primary N) is 1. The second-order valence-electron chi connectivity index (χ2n) is 16.1. The van der Waals surface area contributed by atoms with E-state index in [1.165, 1.54) is 64.2 Å². The molecule has 14 heteroatoms. The molecule has 2 N–H and O–H groups in total. The molecule has 1 nitrogen and oxygen atoms in total. The van der Waals surface area contributed by atoms with Crippen LogP contribution in [0.3, 0.4) is 0 Å². The van der Waals surface area contributed by atoms with E-state index >= 15 is 17.6 Å². The first-order valence-electron chi connectivity index (χ1n) is 18.9. The lowest BCUT2D eigenvalue weighted by Gasteiger charge is -2.49. The van der Waals surface area contributed by atoms with E-state index in [4.69, 9.17) is 0 Å². The number of quaternary nitrogens is 1. The molecule has 2 saturated carbocycles. The lowest BCUT2D eigenvalue weighted by molar-refractivity contribution is -0.806. The molecule has 0 aliphatic heterocycles. The Kier molecular flexibility index (Phi) is 13.0. The lowest BCUT2D eigenvalue weighted by Crippen LogP contribution is -3.08. The quantitative estimate of drug-likeness (QED) is 0.104. The molecule has 2 aliphatic rings. The summed E-state index contributed by atoms with van der Waals surface area (Å²) in [5.41, 5.74) is -5.58. The van der Waals surface area contributed by atoms with Gasteiger partial charge in [0.2, 0.25) is 0 Å². The first-order valence-corrected chi connectivity index (χ1v) is 18.9. The maximum Gasteiger partial charge on any atom is 0.158 e. The third-order valence-corrected chi connectivity index (χ3v) is 12.4. The summed E-state index contributed by atoms with van der Waals surface area (Å²) in [6.07, 6.45) is 9.72. The first-order chi connectivity index (χ1) is 26.3. The van der Waals surface area contributed by atoms with Gasteiger partial charge in [0, 0.05) is 61.8 Å². The van der Waals surface area contributed by atoms with Crippen LogP contribution in [0.1, 0.15) is 91.9 Å². The molecule has 0 spiro atoms. The van der Waals surface area contributed by atoms with Crippen molar-refractivity contribution in [2.45, 2.75) is 103 Å². The molecule has 0 atom stereocenters. The smallest absolute Gasteiger partial charge is 0.158 e. The summed E-state index contributed by atoms with van der Waals surface area (Å²) < 4.78 is 176. The van der Waals surface area contributed by atoms with Gasteiger partial charge in [-0.1, -0.05) is 64.8 Å². The topological polar surface area (TPSA) is 16.6 Å². The van der Waals surface area contributed by atoms with Gasteiger partial charge in [-0.05, 0) is 25.7 Å². The number of hydrogen-bond donors (Lipinski definition) is 1. The number of benzene rings is 4. The van der Waals surface area contributed by atoms with E-state index in [2.05, 4.69) is 33.0 Å². The van der Waals surface area contributed by atoms with Crippen LogP contribution in [0.15, 0.2) is 48.5 Å². The fourth-order valence-corrected chi connectivity index (χ4v) is 9.34. The van der Waals surface area contributed by atoms with Crippen LogP contribution in [0, 0.1) is 81.6 Å². The number of rotatable bonds is 8. The fraction of sp³-hybridized carbons (Fsp3) is 0.429. The van der Waals surface area contributed by atoms with Crippen LogP contribution in [0.2, 0.25) is 0 Å². The van der Waals surface area contributed by atoms with Crippen LogP contribution < -0.4 is 27.2 Å². The molecular weight excluding hydrogens is 757 g/mol. The Morgan fingerprint density at radius 3 is 0.839 bits per heavy atom. The van der Waals surface area contributed by atoms with Crippen molar-refractivity contribution in [3.63, 3.8) is 0 Å². The predicted octanol–water partition coefficient (Wildman–Crippen LogP) is 9.00. The predicted molar refractivity (Wildman–Crippen MR) is 193 cm³/mol. The molecule has 0 saturated heterocycles. The van der Waals surface area contributed by atoms with Crippen LogP contribution in [-0.2, 0) is 0 Å². The van der Waals surface area contributed by atoms with Crippen molar-refractivity contribution >= 4 is 28.0 Å². The molecule has 6 rings (SSSR count). The van der Waals surface area contributed by atoms with Gasteiger partial charge in [-0.3, -0.25) is 0 Å². The van der Waals surface area contributed by atoms with E-state index in [9.17, 15) is 35.1 Å². The maximum atomic E-state index is 15.3. The van der Waals surface area contributed by atoms with Crippen molar-refractivity contribution < 1.29 is 58.0 Å². The van der Waals surface area contributed by atoms with Crippen LogP contribution in [-0.4, -0.2) is 17.2 Å². The second-order valence-corrected chi connectivity index (χ2v) is 16.1. The SMILES string of the molecule is CC(C)C1([NH2+]C2(C(C)C)CCCCC2)CCCCC1.Fc1cc(F)c(F)c([B-](c2cc(F)cc(F)c2F)(c2cc(F)cc(F)c2F)c2cc(F)cc(F)c2F)c1. The van der Waals surface area contributed by atoms with Gasteiger partial charge in [0.05, 0.1) is 11.1 Å². The summed E-state index contributed by atoms with van der Waals surface area (Å²) in [6.45, 7) is 9.88. The minimum Gasteiger partial charge on any atom is -0.336 e. The molecule has 4 aromatic carbocycles. The summed E-state index contributed by atoms with van der Waals surface area (Å²) in [5.74, 6) is -22.6. The monoisotopic (exact) mass is 801 g/mol. The molecule has 0 radical (unpaired) electrons. The molecule has 0 amide bonds. The Bertz CT molecular complexity index is 1790. The molecule has 2 aliphatic carbocycles. The minimum atomic E-state index is -4.89. The van der Waals surface area contributed by atoms with E-state index < -0.39 is 97.8 Å². The van der Waals surface area contributed by atoms with Gasteiger partial charge in [-0.25, -0.2) is 52.7 Å². The van der Waals surface area contributed by atoms with Crippen molar-refractivity contribution in [1.29, 1.82) is 0 Å². The molecule has 2 fully saturated rings. The largest absolute Gasteiger partial charge is 0.336 e. The van der Waals surface area contributed by atoms with E-state index in [1.54, 1.807) is 0 Å². The van der Waals surface area contributed by atoms with Crippen LogP contribution in [0.4, 0.5) is 52.7 Å². The summed E-state index contributed by atoms with van der Waals surface area (Å²) >= 11 is 0. The lowest BCUT2D eigenvalue weighted by atomic mass is 9.12. The third-order valence-electron chi connectivity index (χ3n) is 12.4. The average Bonchev–Trinajstić information content (AvgIpc) is 3.13. The van der Waals surface area contributed by atoms with Crippen molar-refractivity contribution in [1.82, 2.24) is 0 Å². The van der Waals surface area contributed by atoms with Crippen LogP contribution in [0.5, 0.6) is 0 Å². The average molecular weight is 802 g/mol. The van der Waals surface area contributed by atoms with Gasteiger partial charge in [0.25, 0.3) is 0 Å². The molecular formula is C42H44BF12N. The third kappa shape index (κ3) is 8.09. The zero-order valence-electron chi connectivity index (χ0n) is 31.5. The standard InChI is InChI=1S/C24H8BF12.C18H35N/c26-9-1-13(21(34)17(30)5-9)25(14-2-10(27)6-18(31)22(14)35,15-3-11(28)7-19(32)23(15)36)16-4-12(29)8-20(33)24(16)37;1-15(2)17(11-7-5-8-12-17)19-18(16(3)4)13-9-6-10-14-18/h1-8H;15-16,19H,5-14H2,1-4H3/q-1;/p+1. The van der Waals surface area contributed by atoms with Gasteiger partial charge in [-0.15, -0.1) is 0 Å². The highest BCUT2D eigenvalue weighted by atomic mass is 19.2. The summed E-state index contributed by atoms with van der Waals surface area (Å²) in [5, 5.41) is 2.91. The van der Waals surface area contributed by atoms with Gasteiger partial charge in [-0.2, -0.15) is 21.9 Å².